The van der Waals surface area contributed by atoms with Crippen molar-refractivity contribution in [2.75, 3.05) is 17.7 Å². The summed E-state index contributed by atoms with van der Waals surface area (Å²) in [5, 5.41) is 9.79. The summed E-state index contributed by atoms with van der Waals surface area (Å²) in [5.74, 6) is -0.145. The number of aryl methyl sites for hydroxylation is 1. The first-order valence-corrected chi connectivity index (χ1v) is 6.74. The minimum atomic E-state index is -0.533. The Kier molecular flexibility index (Phi) is 4.82. The Balaban J connectivity index is 2.00. The van der Waals surface area contributed by atoms with E-state index in [1.807, 2.05) is 13.0 Å². The number of nitrogens with one attached hydrogen (secondary N) is 2. The van der Waals surface area contributed by atoms with E-state index in [1.54, 1.807) is 25.1 Å². The van der Waals surface area contributed by atoms with Crippen LogP contribution in [0.1, 0.15) is 12.8 Å². The second-order valence-corrected chi connectivity index (χ2v) is 4.81. The normalized spacial score (nSPS) is 11.8. The molecule has 0 saturated heterocycles. The smallest absolute Gasteiger partial charge is 0.437 e. The molecule has 0 aliphatic heterocycles. The van der Waals surface area contributed by atoms with Crippen molar-refractivity contribution in [3.8, 4) is 0 Å². The number of hydrogen-bond donors (Lipinski definition) is 2. The Morgan fingerprint density at radius 3 is 2.82 bits per heavy atom. The van der Waals surface area contributed by atoms with Gasteiger partial charge in [-0.1, -0.05) is 6.07 Å². The molecule has 0 fully saturated rings. The average Bonchev–Trinajstić information content (AvgIpc) is 2.76. The number of methoxy groups -OCH3 is 1. The maximum absolute atomic E-state index is 11.5. The first-order valence-electron chi connectivity index (χ1n) is 6.74. The number of carbonyl (C=O) groups is 1. The zero-order chi connectivity index (χ0) is 16.1. The first kappa shape index (κ1) is 15.6. The van der Waals surface area contributed by atoms with E-state index in [1.165, 1.54) is 11.8 Å². The molecule has 1 heterocycles. The highest BCUT2D eigenvalue weighted by atomic mass is 16.5. The highest BCUT2D eigenvalue weighted by molar-refractivity contribution is 5.85. The van der Waals surface area contributed by atoms with E-state index in [0.29, 0.717) is 18.1 Å². The number of carbonyl (C=O) groups excluding carboxylic acids is 1. The molecule has 1 atom stereocenters. The molecular weight excluding hydrogens is 288 g/mol. The molecule has 2 rings (SSSR count). The van der Waals surface area contributed by atoms with Crippen molar-refractivity contribution in [3.05, 3.63) is 40.7 Å². The number of anilines is 2. The van der Waals surface area contributed by atoms with Crippen LogP contribution in [0.25, 0.3) is 0 Å². The molecule has 0 aliphatic rings. The Bertz CT molecular complexity index is 707. The summed E-state index contributed by atoms with van der Waals surface area (Å²) in [5.41, 5.74) is 1.41. The lowest BCUT2D eigenvalue weighted by Gasteiger charge is -2.15. The fraction of sp³-hybridized carbons (Fsp3) is 0.357. The molecule has 22 heavy (non-hydrogen) atoms. The van der Waals surface area contributed by atoms with Crippen LogP contribution in [0.15, 0.2) is 33.5 Å². The van der Waals surface area contributed by atoms with Crippen LogP contribution in [-0.2, 0) is 11.3 Å². The first-order chi connectivity index (χ1) is 10.5. The quantitative estimate of drug-likeness (QED) is 0.874. The van der Waals surface area contributed by atoms with E-state index in [9.17, 15) is 9.59 Å². The Morgan fingerprint density at radius 2 is 2.18 bits per heavy atom. The zero-order valence-electron chi connectivity index (χ0n) is 12.6. The molecular formula is C14H18N4O4. The van der Waals surface area contributed by atoms with Crippen molar-refractivity contribution in [2.24, 2.45) is 0 Å². The van der Waals surface area contributed by atoms with Crippen LogP contribution in [0, 0.1) is 6.92 Å². The predicted molar refractivity (Wildman–Crippen MR) is 81.1 cm³/mol. The molecule has 118 valence electrons. The third-order valence-electron chi connectivity index (χ3n) is 2.86. The molecule has 0 saturated carbocycles. The molecule has 0 radical (unpaired) electrons. The molecule has 2 aromatic rings. The molecule has 1 aromatic heterocycles. The summed E-state index contributed by atoms with van der Waals surface area (Å²) >= 11 is 0. The third-order valence-corrected chi connectivity index (χ3v) is 2.86. The lowest BCUT2D eigenvalue weighted by molar-refractivity contribution is 0.187. The predicted octanol–water partition coefficient (Wildman–Crippen LogP) is 1.82. The third kappa shape index (κ3) is 4.11. The summed E-state index contributed by atoms with van der Waals surface area (Å²) < 4.78 is 10.7. The molecule has 0 bridgehead atoms. The van der Waals surface area contributed by atoms with E-state index in [-0.39, 0.29) is 6.04 Å². The zero-order valence-corrected chi connectivity index (χ0v) is 12.6. The van der Waals surface area contributed by atoms with E-state index in [4.69, 9.17) is 4.42 Å². The monoisotopic (exact) mass is 306 g/mol. The van der Waals surface area contributed by atoms with Crippen molar-refractivity contribution in [1.29, 1.82) is 0 Å². The van der Waals surface area contributed by atoms with Crippen LogP contribution in [0.2, 0.25) is 0 Å². The van der Waals surface area contributed by atoms with Crippen molar-refractivity contribution in [2.45, 2.75) is 26.4 Å². The van der Waals surface area contributed by atoms with Gasteiger partial charge in [0.2, 0.25) is 5.89 Å². The Labute approximate surface area is 127 Å². The van der Waals surface area contributed by atoms with Crippen LogP contribution < -0.4 is 16.4 Å². The number of aromatic nitrogens is 2. The van der Waals surface area contributed by atoms with Gasteiger partial charge in [0.1, 0.15) is 0 Å². The van der Waals surface area contributed by atoms with Gasteiger partial charge in [0.15, 0.2) is 0 Å². The van der Waals surface area contributed by atoms with Crippen molar-refractivity contribution >= 4 is 17.5 Å². The van der Waals surface area contributed by atoms with Crippen LogP contribution in [0.3, 0.4) is 0 Å². The van der Waals surface area contributed by atoms with E-state index in [0.717, 1.165) is 5.69 Å². The molecule has 1 aromatic carbocycles. The van der Waals surface area contributed by atoms with Gasteiger partial charge in [-0.25, -0.2) is 9.59 Å². The van der Waals surface area contributed by atoms with Gasteiger partial charge in [0.25, 0.3) is 0 Å². The summed E-state index contributed by atoms with van der Waals surface area (Å²) in [6.45, 7) is 3.90. The van der Waals surface area contributed by atoms with Crippen molar-refractivity contribution in [1.82, 2.24) is 9.78 Å². The maximum atomic E-state index is 11.5. The van der Waals surface area contributed by atoms with Gasteiger partial charge >= 0.3 is 11.8 Å². The minimum absolute atomic E-state index is 0.0597. The molecule has 0 aliphatic carbocycles. The van der Waals surface area contributed by atoms with E-state index >= 15 is 0 Å². The van der Waals surface area contributed by atoms with E-state index < -0.39 is 11.8 Å². The van der Waals surface area contributed by atoms with Gasteiger partial charge in [-0.15, -0.1) is 5.10 Å². The number of ether oxygens (including phenoxy) is 1. The topological polar surface area (TPSA) is 98.4 Å². The van der Waals surface area contributed by atoms with Gasteiger partial charge in [-0.3, -0.25) is 5.32 Å². The van der Waals surface area contributed by atoms with Crippen LogP contribution in [0.5, 0.6) is 0 Å². The molecule has 2 N–H and O–H groups in total. The second kappa shape index (κ2) is 6.79. The SMILES string of the molecule is COC(=O)Nc1cccc(NC(C)Cn2nc(C)oc2=O)c1. The summed E-state index contributed by atoms with van der Waals surface area (Å²) in [6, 6.07) is 7.11. The van der Waals surface area contributed by atoms with Crippen molar-refractivity contribution < 1.29 is 13.9 Å². The maximum Gasteiger partial charge on any atom is 0.437 e. The summed E-state index contributed by atoms with van der Waals surface area (Å²) in [7, 11) is 1.30. The van der Waals surface area contributed by atoms with Gasteiger partial charge in [0.05, 0.1) is 13.7 Å². The van der Waals surface area contributed by atoms with Crippen LogP contribution in [0.4, 0.5) is 16.2 Å². The number of rotatable bonds is 5. The molecule has 8 heteroatoms. The van der Waals surface area contributed by atoms with Gasteiger partial charge in [-0.2, -0.15) is 4.68 Å². The fourth-order valence-corrected chi connectivity index (χ4v) is 1.97. The molecule has 0 spiro atoms. The summed E-state index contributed by atoms with van der Waals surface area (Å²) in [6.07, 6.45) is -0.533. The molecule has 8 nitrogen and oxygen atoms in total. The largest absolute Gasteiger partial charge is 0.453 e. The van der Waals surface area contributed by atoms with Crippen LogP contribution in [-0.4, -0.2) is 29.0 Å². The van der Waals surface area contributed by atoms with Gasteiger partial charge < -0.3 is 14.5 Å². The number of benzene rings is 1. The summed E-state index contributed by atoms with van der Waals surface area (Å²) in [4.78, 5) is 22.7. The van der Waals surface area contributed by atoms with Crippen molar-refractivity contribution in [3.63, 3.8) is 0 Å². The number of amides is 1. The highest BCUT2D eigenvalue weighted by Crippen LogP contribution is 2.16. The van der Waals surface area contributed by atoms with Gasteiger partial charge in [0, 0.05) is 24.3 Å². The highest BCUT2D eigenvalue weighted by Gasteiger charge is 2.09. The minimum Gasteiger partial charge on any atom is -0.453 e. The lowest BCUT2D eigenvalue weighted by Crippen LogP contribution is -2.28. The fourth-order valence-electron chi connectivity index (χ4n) is 1.97. The Hall–Kier alpha value is -2.77. The van der Waals surface area contributed by atoms with E-state index in [2.05, 4.69) is 20.5 Å². The molecule has 1 unspecified atom stereocenters. The van der Waals surface area contributed by atoms with Gasteiger partial charge in [-0.05, 0) is 25.1 Å². The van der Waals surface area contributed by atoms with Crippen LogP contribution >= 0.6 is 0 Å². The number of hydrogen-bond acceptors (Lipinski definition) is 6. The lowest BCUT2D eigenvalue weighted by atomic mass is 10.2. The second-order valence-electron chi connectivity index (χ2n) is 4.81. The number of nitrogens with zero attached hydrogens (tertiary/aromatic N) is 2. The average molecular weight is 306 g/mol. The Morgan fingerprint density at radius 1 is 1.45 bits per heavy atom. The molecule has 1 amide bonds. The standard InChI is InChI=1S/C14H18N4O4/c1-9(8-18-14(20)22-10(2)17-18)15-11-5-4-6-12(7-11)16-13(19)21-3/h4-7,9,15H,8H2,1-3H3,(H,16,19).